The minimum absolute atomic E-state index is 0.0341. The molecule has 2 rings (SSSR count). The van der Waals surface area contributed by atoms with Crippen molar-refractivity contribution in [2.24, 2.45) is 0 Å². The molecule has 17 heavy (non-hydrogen) atoms. The first-order valence-electron chi connectivity index (χ1n) is 6.13. The van der Waals surface area contributed by atoms with Crippen molar-refractivity contribution >= 4 is 5.91 Å². The molecular formula is C12H19N3O2. The monoisotopic (exact) mass is 237 g/mol. The first kappa shape index (κ1) is 12.1. The predicted molar refractivity (Wildman–Crippen MR) is 63.6 cm³/mol. The normalized spacial score (nSPS) is 24.7. The van der Waals surface area contributed by atoms with E-state index in [9.17, 15) is 4.79 Å². The SMILES string of the molecule is CCCn1cnc(C[C@@H]2OC(C)CNC2=O)c1. The van der Waals surface area contributed by atoms with E-state index in [1.807, 2.05) is 24.0 Å². The van der Waals surface area contributed by atoms with E-state index < -0.39 is 6.10 Å². The summed E-state index contributed by atoms with van der Waals surface area (Å²) >= 11 is 0. The van der Waals surface area contributed by atoms with Gasteiger partial charge in [0, 0.05) is 25.7 Å². The maximum absolute atomic E-state index is 11.6. The molecule has 1 aliphatic rings. The minimum Gasteiger partial charge on any atom is -0.363 e. The Hall–Kier alpha value is -1.36. The molecule has 0 aromatic carbocycles. The molecular weight excluding hydrogens is 218 g/mol. The zero-order valence-corrected chi connectivity index (χ0v) is 10.3. The summed E-state index contributed by atoms with van der Waals surface area (Å²) in [6, 6.07) is 0. The van der Waals surface area contributed by atoms with Gasteiger partial charge in [0.1, 0.15) is 6.10 Å². The maximum atomic E-state index is 11.6. The molecule has 5 heteroatoms. The predicted octanol–water partition coefficient (Wildman–Crippen LogP) is 0.739. The fourth-order valence-electron chi connectivity index (χ4n) is 1.97. The Balaban J connectivity index is 1.96. The highest BCUT2D eigenvalue weighted by atomic mass is 16.5. The van der Waals surface area contributed by atoms with Gasteiger partial charge in [-0.25, -0.2) is 4.98 Å². The Morgan fingerprint density at radius 3 is 3.24 bits per heavy atom. The van der Waals surface area contributed by atoms with Gasteiger partial charge in [-0.2, -0.15) is 0 Å². The van der Waals surface area contributed by atoms with Crippen LogP contribution in [0.4, 0.5) is 0 Å². The zero-order chi connectivity index (χ0) is 12.3. The van der Waals surface area contributed by atoms with Crippen molar-refractivity contribution in [1.82, 2.24) is 14.9 Å². The number of imidazole rings is 1. The number of carbonyl (C=O) groups excluding carboxylic acids is 1. The lowest BCUT2D eigenvalue weighted by molar-refractivity contribution is -0.143. The molecule has 1 fully saturated rings. The van der Waals surface area contributed by atoms with Gasteiger partial charge in [0.2, 0.25) is 5.91 Å². The number of hydrogen-bond acceptors (Lipinski definition) is 3. The lowest BCUT2D eigenvalue weighted by Gasteiger charge is -2.27. The topological polar surface area (TPSA) is 56.1 Å². The van der Waals surface area contributed by atoms with Crippen LogP contribution in [-0.4, -0.2) is 34.2 Å². The molecule has 94 valence electrons. The molecule has 5 nitrogen and oxygen atoms in total. The van der Waals surface area contributed by atoms with Crippen molar-refractivity contribution in [2.45, 2.75) is 45.4 Å². The summed E-state index contributed by atoms with van der Waals surface area (Å²) < 4.78 is 7.65. The third-order valence-corrected chi connectivity index (χ3v) is 2.82. The summed E-state index contributed by atoms with van der Waals surface area (Å²) in [7, 11) is 0. The van der Waals surface area contributed by atoms with E-state index in [2.05, 4.69) is 17.2 Å². The number of aryl methyl sites for hydroxylation is 1. The number of ether oxygens (including phenoxy) is 1. The first-order chi connectivity index (χ1) is 8.19. The van der Waals surface area contributed by atoms with E-state index in [0.717, 1.165) is 18.7 Å². The van der Waals surface area contributed by atoms with E-state index in [1.165, 1.54) is 0 Å². The Labute approximate surface area is 101 Å². The average molecular weight is 237 g/mol. The van der Waals surface area contributed by atoms with Gasteiger partial charge < -0.3 is 14.6 Å². The number of aromatic nitrogens is 2. The molecule has 1 aromatic rings. The van der Waals surface area contributed by atoms with Crippen LogP contribution >= 0.6 is 0 Å². The highest BCUT2D eigenvalue weighted by molar-refractivity contribution is 5.81. The maximum Gasteiger partial charge on any atom is 0.249 e. The molecule has 0 saturated carbocycles. The minimum atomic E-state index is -0.399. The Kier molecular flexibility index (Phi) is 3.78. The smallest absolute Gasteiger partial charge is 0.249 e. The summed E-state index contributed by atoms with van der Waals surface area (Å²) in [5.74, 6) is -0.0341. The number of hydrogen-bond donors (Lipinski definition) is 1. The first-order valence-corrected chi connectivity index (χ1v) is 6.13. The lowest BCUT2D eigenvalue weighted by Crippen LogP contribution is -2.49. The molecule has 0 aliphatic carbocycles. The summed E-state index contributed by atoms with van der Waals surface area (Å²) in [5, 5.41) is 2.84. The molecule has 1 aliphatic heterocycles. The fraction of sp³-hybridized carbons (Fsp3) is 0.667. The van der Waals surface area contributed by atoms with Gasteiger partial charge in [0.05, 0.1) is 18.1 Å². The van der Waals surface area contributed by atoms with Crippen LogP contribution in [0.5, 0.6) is 0 Å². The fourth-order valence-corrected chi connectivity index (χ4v) is 1.97. The van der Waals surface area contributed by atoms with Crippen LogP contribution < -0.4 is 5.32 Å². The summed E-state index contributed by atoms with van der Waals surface area (Å²) in [6.07, 6.45) is 5.10. The number of rotatable bonds is 4. The van der Waals surface area contributed by atoms with Gasteiger partial charge in [0.25, 0.3) is 0 Å². The molecule has 1 amide bonds. The third kappa shape index (κ3) is 3.06. The number of carbonyl (C=O) groups is 1. The highest BCUT2D eigenvalue weighted by Crippen LogP contribution is 2.10. The van der Waals surface area contributed by atoms with E-state index in [1.54, 1.807) is 0 Å². The molecule has 0 bridgehead atoms. The molecule has 1 aromatic heterocycles. The lowest BCUT2D eigenvalue weighted by atomic mass is 10.1. The van der Waals surface area contributed by atoms with Gasteiger partial charge in [-0.1, -0.05) is 6.92 Å². The van der Waals surface area contributed by atoms with Crippen LogP contribution in [0.25, 0.3) is 0 Å². The van der Waals surface area contributed by atoms with Crippen molar-refractivity contribution < 1.29 is 9.53 Å². The molecule has 2 atom stereocenters. The van der Waals surface area contributed by atoms with Gasteiger partial charge >= 0.3 is 0 Å². The highest BCUT2D eigenvalue weighted by Gasteiger charge is 2.27. The number of nitrogens with one attached hydrogen (secondary N) is 1. The largest absolute Gasteiger partial charge is 0.363 e. The van der Waals surface area contributed by atoms with Crippen molar-refractivity contribution in [2.75, 3.05) is 6.54 Å². The molecule has 0 radical (unpaired) electrons. The summed E-state index contributed by atoms with van der Waals surface area (Å²) in [5.41, 5.74) is 0.910. The van der Waals surface area contributed by atoms with Crippen LogP contribution in [0.3, 0.4) is 0 Å². The second-order valence-electron chi connectivity index (χ2n) is 4.49. The zero-order valence-electron chi connectivity index (χ0n) is 10.3. The quantitative estimate of drug-likeness (QED) is 0.840. The van der Waals surface area contributed by atoms with Crippen molar-refractivity contribution in [3.05, 3.63) is 18.2 Å². The van der Waals surface area contributed by atoms with Gasteiger partial charge in [0.15, 0.2) is 0 Å². The average Bonchev–Trinajstić information content (AvgIpc) is 2.72. The number of amides is 1. The van der Waals surface area contributed by atoms with Crippen molar-refractivity contribution in [3.63, 3.8) is 0 Å². The van der Waals surface area contributed by atoms with E-state index in [-0.39, 0.29) is 12.0 Å². The van der Waals surface area contributed by atoms with Gasteiger partial charge in [-0.05, 0) is 13.3 Å². The summed E-state index contributed by atoms with van der Waals surface area (Å²) in [4.78, 5) is 15.9. The van der Waals surface area contributed by atoms with E-state index in [0.29, 0.717) is 13.0 Å². The summed E-state index contributed by atoms with van der Waals surface area (Å²) in [6.45, 7) is 5.64. The van der Waals surface area contributed by atoms with Crippen molar-refractivity contribution in [3.8, 4) is 0 Å². The van der Waals surface area contributed by atoms with Gasteiger partial charge in [-0.3, -0.25) is 4.79 Å². The molecule has 2 heterocycles. The standard InChI is InChI=1S/C12H19N3O2/c1-3-4-15-7-10(14-8-15)5-11-12(16)13-6-9(2)17-11/h7-9,11H,3-6H2,1-2H3,(H,13,16)/t9?,11-/m0/s1. The van der Waals surface area contributed by atoms with Crippen molar-refractivity contribution in [1.29, 1.82) is 0 Å². The molecule has 1 unspecified atom stereocenters. The number of morpholine rings is 1. The molecule has 1 saturated heterocycles. The van der Waals surface area contributed by atoms with Crippen LogP contribution in [0.15, 0.2) is 12.5 Å². The third-order valence-electron chi connectivity index (χ3n) is 2.82. The van der Waals surface area contributed by atoms with E-state index >= 15 is 0 Å². The molecule has 1 N–H and O–H groups in total. The van der Waals surface area contributed by atoms with Crippen LogP contribution in [0.1, 0.15) is 26.0 Å². The van der Waals surface area contributed by atoms with Gasteiger partial charge in [-0.15, -0.1) is 0 Å². The second kappa shape index (κ2) is 5.31. The van der Waals surface area contributed by atoms with Crippen LogP contribution in [0.2, 0.25) is 0 Å². The van der Waals surface area contributed by atoms with Crippen LogP contribution in [0, 0.1) is 0 Å². The number of nitrogens with zero attached hydrogens (tertiary/aromatic N) is 2. The Morgan fingerprint density at radius 1 is 1.65 bits per heavy atom. The Bertz CT molecular complexity index is 389. The molecule has 0 spiro atoms. The van der Waals surface area contributed by atoms with E-state index in [4.69, 9.17) is 4.74 Å². The van der Waals surface area contributed by atoms with Crippen LogP contribution in [-0.2, 0) is 22.5 Å². The second-order valence-corrected chi connectivity index (χ2v) is 4.49. The Morgan fingerprint density at radius 2 is 2.47 bits per heavy atom.